The second-order valence-corrected chi connectivity index (χ2v) is 3.69. The van der Waals surface area contributed by atoms with E-state index in [1.807, 2.05) is 6.92 Å². The molecule has 6 nitrogen and oxygen atoms in total. The summed E-state index contributed by atoms with van der Waals surface area (Å²) in [6, 6.07) is 3.01. The fourth-order valence-electron chi connectivity index (χ4n) is 1.66. The van der Waals surface area contributed by atoms with Crippen LogP contribution in [-0.4, -0.2) is 26.3 Å². The Bertz CT molecular complexity index is 649. The van der Waals surface area contributed by atoms with E-state index < -0.39 is 11.5 Å². The molecule has 0 bridgehead atoms. The van der Waals surface area contributed by atoms with Crippen LogP contribution in [0, 0.1) is 0 Å². The first-order valence-corrected chi connectivity index (χ1v) is 5.39. The summed E-state index contributed by atoms with van der Waals surface area (Å²) in [5.74, 6) is -1.27. The van der Waals surface area contributed by atoms with E-state index in [1.54, 1.807) is 18.5 Å². The maximum Gasteiger partial charge on any atom is 0.341 e. The lowest BCUT2D eigenvalue weighted by Crippen LogP contribution is -2.18. The normalized spacial score (nSPS) is 10.3. The number of hydrogen-bond donors (Lipinski definition) is 2. The molecule has 0 aliphatic heterocycles. The van der Waals surface area contributed by atoms with E-state index in [-0.39, 0.29) is 5.56 Å². The van der Waals surface area contributed by atoms with Crippen molar-refractivity contribution in [2.45, 2.75) is 13.3 Å². The third kappa shape index (κ3) is 2.13. The molecule has 18 heavy (non-hydrogen) atoms. The van der Waals surface area contributed by atoms with Gasteiger partial charge in [0.05, 0.1) is 5.69 Å². The maximum absolute atomic E-state index is 11.3. The molecule has 6 heteroatoms. The molecule has 0 aliphatic carbocycles. The monoisotopic (exact) mass is 245 g/mol. The van der Waals surface area contributed by atoms with Crippen molar-refractivity contribution >= 4 is 5.97 Å². The molecule has 2 rings (SSSR count). The van der Waals surface area contributed by atoms with Gasteiger partial charge < -0.3 is 5.11 Å². The van der Waals surface area contributed by atoms with E-state index in [9.17, 15) is 9.59 Å². The van der Waals surface area contributed by atoms with E-state index in [4.69, 9.17) is 5.11 Å². The Hall–Kier alpha value is -2.50. The predicted octanol–water partition coefficient (Wildman–Crippen LogP) is 1.09. The minimum atomic E-state index is -1.27. The van der Waals surface area contributed by atoms with Crippen molar-refractivity contribution < 1.29 is 9.90 Å². The molecule has 2 heterocycles. The number of pyridine rings is 1. The number of carboxylic acids is 1. The van der Waals surface area contributed by atoms with Gasteiger partial charge in [0.1, 0.15) is 5.56 Å². The zero-order valence-electron chi connectivity index (χ0n) is 9.67. The maximum atomic E-state index is 11.3. The van der Waals surface area contributed by atoms with Gasteiger partial charge in [-0.15, -0.1) is 0 Å². The van der Waals surface area contributed by atoms with Gasteiger partial charge in [0.15, 0.2) is 0 Å². The lowest BCUT2D eigenvalue weighted by molar-refractivity contribution is 0.0694. The minimum Gasteiger partial charge on any atom is -0.477 e. The van der Waals surface area contributed by atoms with Gasteiger partial charge in [0.25, 0.3) is 5.56 Å². The van der Waals surface area contributed by atoms with Gasteiger partial charge in [0, 0.05) is 18.0 Å². The van der Waals surface area contributed by atoms with Crippen LogP contribution in [0.3, 0.4) is 0 Å². The van der Waals surface area contributed by atoms with Crippen molar-refractivity contribution in [2.75, 3.05) is 0 Å². The molecule has 0 radical (unpaired) electrons. The first-order valence-electron chi connectivity index (χ1n) is 5.39. The highest BCUT2D eigenvalue weighted by molar-refractivity contribution is 5.88. The summed E-state index contributed by atoms with van der Waals surface area (Å²) in [6.07, 6.45) is 4.04. The smallest absolute Gasteiger partial charge is 0.341 e. The molecule has 0 amide bonds. The van der Waals surface area contributed by atoms with Crippen LogP contribution in [0.5, 0.6) is 0 Å². The van der Waals surface area contributed by atoms with Gasteiger partial charge >= 0.3 is 5.97 Å². The van der Waals surface area contributed by atoms with Gasteiger partial charge in [-0.3, -0.25) is 9.78 Å². The molecule has 2 aromatic rings. The summed E-state index contributed by atoms with van der Waals surface area (Å²) in [4.78, 5) is 26.2. The van der Waals surface area contributed by atoms with Gasteiger partial charge in [-0.25, -0.2) is 9.89 Å². The highest BCUT2D eigenvalue weighted by Crippen LogP contribution is 2.20. The summed E-state index contributed by atoms with van der Waals surface area (Å²) >= 11 is 0. The van der Waals surface area contributed by atoms with Crippen LogP contribution in [0.4, 0.5) is 0 Å². The number of aromatic amines is 1. The molecule has 0 unspecified atom stereocenters. The van der Waals surface area contributed by atoms with Gasteiger partial charge in [0.2, 0.25) is 0 Å². The largest absolute Gasteiger partial charge is 0.477 e. The average Bonchev–Trinajstić information content (AvgIpc) is 2.39. The fraction of sp³-hybridized carbons (Fsp3) is 0.167. The number of carboxylic acid groups (broad SMARTS) is 1. The molecular formula is C12H11N3O3. The molecule has 0 saturated carbocycles. The van der Waals surface area contributed by atoms with Crippen molar-refractivity contribution in [1.29, 1.82) is 0 Å². The Morgan fingerprint density at radius 1 is 1.50 bits per heavy atom. The number of hydrogen-bond acceptors (Lipinski definition) is 4. The van der Waals surface area contributed by atoms with Crippen LogP contribution in [0.25, 0.3) is 11.3 Å². The predicted molar refractivity (Wildman–Crippen MR) is 64.4 cm³/mol. The summed E-state index contributed by atoms with van der Waals surface area (Å²) in [5, 5.41) is 15.0. The van der Waals surface area contributed by atoms with Crippen molar-refractivity contribution in [1.82, 2.24) is 15.2 Å². The Kier molecular flexibility index (Phi) is 3.18. The number of H-pyrrole nitrogens is 1. The molecule has 0 spiro atoms. The first kappa shape index (κ1) is 12.0. The molecule has 0 fully saturated rings. The standard InChI is InChI=1S/C12H11N3O3/c1-2-7-6-13-4-3-8(7)10-5-9(12(17)18)11(16)15-14-10/h3-6H,2H2,1H3,(H,15,16)(H,17,18). The number of rotatable bonds is 3. The quantitative estimate of drug-likeness (QED) is 0.843. The number of aromatic nitrogens is 3. The van der Waals surface area contributed by atoms with Crippen molar-refractivity contribution in [3.63, 3.8) is 0 Å². The second-order valence-electron chi connectivity index (χ2n) is 3.69. The molecule has 2 N–H and O–H groups in total. The lowest BCUT2D eigenvalue weighted by Gasteiger charge is -2.06. The topological polar surface area (TPSA) is 95.9 Å². The van der Waals surface area contributed by atoms with E-state index >= 15 is 0 Å². The van der Waals surface area contributed by atoms with Crippen LogP contribution in [0.2, 0.25) is 0 Å². The number of carbonyl (C=O) groups is 1. The van der Waals surface area contributed by atoms with Gasteiger partial charge in [-0.2, -0.15) is 5.10 Å². The molecule has 0 aromatic carbocycles. The molecule has 0 atom stereocenters. The third-order valence-electron chi connectivity index (χ3n) is 2.59. The summed E-state index contributed by atoms with van der Waals surface area (Å²) in [5.41, 5.74) is 1.10. The molecule has 0 saturated heterocycles. The highest BCUT2D eigenvalue weighted by Gasteiger charge is 2.13. The molecule has 2 aromatic heterocycles. The van der Waals surface area contributed by atoms with Crippen LogP contribution in [-0.2, 0) is 6.42 Å². The van der Waals surface area contributed by atoms with E-state index in [1.165, 1.54) is 6.07 Å². The zero-order valence-corrected chi connectivity index (χ0v) is 9.67. The van der Waals surface area contributed by atoms with E-state index in [2.05, 4.69) is 15.2 Å². The van der Waals surface area contributed by atoms with Gasteiger partial charge in [-0.05, 0) is 24.1 Å². The van der Waals surface area contributed by atoms with Crippen molar-refractivity contribution in [3.8, 4) is 11.3 Å². The van der Waals surface area contributed by atoms with E-state index in [0.717, 1.165) is 17.5 Å². The van der Waals surface area contributed by atoms with Gasteiger partial charge in [-0.1, -0.05) is 6.92 Å². The van der Waals surface area contributed by atoms with Crippen LogP contribution >= 0.6 is 0 Å². The molecule has 92 valence electrons. The number of aromatic carboxylic acids is 1. The van der Waals surface area contributed by atoms with Crippen LogP contribution in [0.1, 0.15) is 22.8 Å². The third-order valence-corrected chi connectivity index (χ3v) is 2.59. The van der Waals surface area contributed by atoms with E-state index in [0.29, 0.717) is 5.69 Å². The highest BCUT2D eigenvalue weighted by atomic mass is 16.4. The lowest BCUT2D eigenvalue weighted by atomic mass is 10.0. The Morgan fingerprint density at radius 2 is 2.28 bits per heavy atom. The van der Waals surface area contributed by atoms with Crippen LogP contribution < -0.4 is 5.56 Å². The molecule has 0 aliphatic rings. The average molecular weight is 245 g/mol. The first-order chi connectivity index (χ1) is 8.63. The van der Waals surface area contributed by atoms with Crippen molar-refractivity contribution in [3.05, 3.63) is 46.0 Å². The fourth-order valence-corrected chi connectivity index (χ4v) is 1.66. The Morgan fingerprint density at radius 3 is 2.94 bits per heavy atom. The minimum absolute atomic E-state index is 0.320. The SMILES string of the molecule is CCc1cnccc1-c1cc(C(=O)O)c(=O)[nH]n1. The summed E-state index contributed by atoms with van der Waals surface area (Å²) < 4.78 is 0. The Balaban J connectivity index is 2.61. The second kappa shape index (κ2) is 4.79. The zero-order chi connectivity index (χ0) is 13.1. The van der Waals surface area contributed by atoms with Crippen molar-refractivity contribution in [2.24, 2.45) is 0 Å². The number of nitrogens with zero attached hydrogens (tertiary/aromatic N) is 2. The number of nitrogens with one attached hydrogen (secondary N) is 1. The Labute approximate surface area is 102 Å². The van der Waals surface area contributed by atoms with Crippen LogP contribution in [0.15, 0.2) is 29.3 Å². The summed E-state index contributed by atoms with van der Waals surface area (Å²) in [7, 11) is 0. The molecular weight excluding hydrogens is 234 g/mol. The number of aryl methyl sites for hydroxylation is 1. The summed E-state index contributed by atoms with van der Waals surface area (Å²) in [6.45, 7) is 1.96.